The molecule has 3 aliphatic rings. The van der Waals surface area contributed by atoms with Crippen molar-refractivity contribution in [3.8, 4) is 39.1 Å². The molecule has 0 atom stereocenters. The number of anilines is 3. The van der Waals surface area contributed by atoms with E-state index in [9.17, 15) is 0 Å². The van der Waals surface area contributed by atoms with Crippen molar-refractivity contribution in [3.05, 3.63) is 239 Å². The Morgan fingerprint density at radius 3 is 1.54 bits per heavy atom. The third-order valence-corrected chi connectivity index (χ3v) is 15.9. The number of hydrogen-bond donors (Lipinski definition) is 0. The minimum atomic E-state index is -0.451. The van der Waals surface area contributed by atoms with Crippen LogP contribution < -0.4 is 4.90 Å². The summed E-state index contributed by atoms with van der Waals surface area (Å²) >= 11 is 0. The van der Waals surface area contributed by atoms with E-state index in [2.05, 4.69) is 259 Å². The fourth-order valence-corrected chi connectivity index (χ4v) is 12.5. The molecule has 0 amide bonds. The number of fused-ring (bicyclic) bond motifs is 16. The lowest BCUT2D eigenvalue weighted by atomic mass is 9.69. The minimum absolute atomic E-state index is 0.000730. The number of rotatable bonds is 4. The molecule has 0 saturated carbocycles. The van der Waals surface area contributed by atoms with Crippen molar-refractivity contribution in [1.82, 2.24) is 4.57 Å². The number of para-hydroxylation sites is 2. The first-order chi connectivity index (χ1) is 32.7. The predicted molar refractivity (Wildman–Crippen MR) is 287 cm³/mol. The molecule has 1 heterocycles. The van der Waals surface area contributed by atoms with Gasteiger partial charge in [-0.15, -0.1) is 0 Å². The van der Waals surface area contributed by atoms with E-state index < -0.39 is 5.41 Å². The maximum Gasteiger partial charge on any atom is 0.0725 e. The van der Waals surface area contributed by atoms with E-state index in [4.69, 9.17) is 0 Å². The summed E-state index contributed by atoms with van der Waals surface area (Å²) in [5, 5.41) is 2.49. The Kier molecular flexibility index (Phi) is 8.44. The van der Waals surface area contributed by atoms with Crippen LogP contribution in [0.2, 0.25) is 0 Å². The summed E-state index contributed by atoms with van der Waals surface area (Å²) in [5.74, 6) is 0. The van der Waals surface area contributed by atoms with E-state index in [1.807, 2.05) is 0 Å². The van der Waals surface area contributed by atoms with Gasteiger partial charge in [-0.1, -0.05) is 195 Å². The zero-order valence-electron chi connectivity index (χ0n) is 40.4. The molecule has 3 aliphatic carbocycles. The predicted octanol–water partition coefficient (Wildman–Crippen LogP) is 17.5. The summed E-state index contributed by atoms with van der Waals surface area (Å²) < 4.78 is 2.51. The fourth-order valence-electron chi connectivity index (χ4n) is 12.5. The van der Waals surface area contributed by atoms with Crippen LogP contribution in [0.5, 0.6) is 0 Å². The van der Waals surface area contributed by atoms with Crippen LogP contribution in [-0.4, -0.2) is 4.57 Å². The van der Waals surface area contributed by atoms with E-state index in [1.165, 1.54) is 99.7 Å². The molecule has 1 aromatic heterocycles. The van der Waals surface area contributed by atoms with Crippen molar-refractivity contribution in [3.63, 3.8) is 0 Å². The fraction of sp³-hybridized carbons (Fsp3) is 0.182. The van der Waals surface area contributed by atoms with Gasteiger partial charge in [0.1, 0.15) is 0 Å². The molecule has 0 aliphatic heterocycles. The van der Waals surface area contributed by atoms with Gasteiger partial charge in [-0.2, -0.15) is 0 Å². The van der Waals surface area contributed by atoms with E-state index in [0.29, 0.717) is 0 Å². The van der Waals surface area contributed by atoms with Crippen LogP contribution in [0.4, 0.5) is 17.1 Å². The number of hydrogen-bond acceptors (Lipinski definition) is 1. The van der Waals surface area contributed by atoms with Gasteiger partial charge in [-0.05, 0) is 143 Å². The Labute approximate surface area is 401 Å². The maximum absolute atomic E-state index is 2.54. The molecular weight excluding hydrogens is 821 g/mol. The van der Waals surface area contributed by atoms with Gasteiger partial charge in [0.05, 0.1) is 16.4 Å². The highest BCUT2D eigenvalue weighted by atomic mass is 15.1. The Bertz CT molecular complexity index is 3670. The highest BCUT2D eigenvalue weighted by Crippen LogP contribution is 2.64. The lowest BCUT2D eigenvalue weighted by Gasteiger charge is -2.33. The van der Waals surface area contributed by atoms with Gasteiger partial charge in [0.2, 0.25) is 0 Å². The first-order valence-electron chi connectivity index (χ1n) is 24.4. The van der Waals surface area contributed by atoms with Gasteiger partial charge in [0.15, 0.2) is 0 Å². The maximum atomic E-state index is 2.54. The topological polar surface area (TPSA) is 8.17 Å². The zero-order valence-corrected chi connectivity index (χ0v) is 40.4. The molecule has 2 nitrogen and oxygen atoms in total. The summed E-state index contributed by atoms with van der Waals surface area (Å²) in [5.41, 5.74) is 25.3. The molecule has 68 heavy (non-hydrogen) atoms. The highest BCUT2D eigenvalue weighted by molar-refractivity contribution is 6.11. The molecule has 9 aromatic carbocycles. The van der Waals surface area contributed by atoms with Gasteiger partial charge in [0, 0.05) is 38.9 Å². The first kappa shape index (κ1) is 40.8. The molecule has 330 valence electrons. The van der Waals surface area contributed by atoms with Crippen LogP contribution in [0.3, 0.4) is 0 Å². The summed E-state index contributed by atoms with van der Waals surface area (Å²) in [7, 11) is 0. The Hall–Kier alpha value is -7.42. The van der Waals surface area contributed by atoms with Crippen molar-refractivity contribution in [2.24, 2.45) is 0 Å². The van der Waals surface area contributed by atoms with Gasteiger partial charge in [-0.3, -0.25) is 0 Å². The second-order valence-electron chi connectivity index (χ2n) is 22.2. The van der Waals surface area contributed by atoms with Gasteiger partial charge < -0.3 is 9.47 Å². The molecule has 10 aromatic rings. The van der Waals surface area contributed by atoms with Crippen LogP contribution in [0.1, 0.15) is 99.9 Å². The van der Waals surface area contributed by atoms with Crippen molar-refractivity contribution in [2.45, 2.75) is 77.0 Å². The van der Waals surface area contributed by atoms with E-state index in [-0.39, 0.29) is 16.2 Å². The lowest BCUT2D eigenvalue weighted by molar-refractivity contribution is 0.586. The van der Waals surface area contributed by atoms with Crippen LogP contribution >= 0.6 is 0 Å². The minimum Gasteiger partial charge on any atom is -0.310 e. The molecule has 0 N–H and O–H groups in total. The van der Waals surface area contributed by atoms with Gasteiger partial charge in [-0.25, -0.2) is 0 Å². The normalized spacial score (nSPS) is 14.7. The smallest absolute Gasteiger partial charge is 0.0725 e. The molecule has 0 fully saturated rings. The molecule has 1 spiro atoms. The Balaban J connectivity index is 1.04. The quantitative estimate of drug-likeness (QED) is 0.171. The second-order valence-corrected chi connectivity index (χ2v) is 22.2. The largest absolute Gasteiger partial charge is 0.310 e. The number of benzene rings is 9. The van der Waals surface area contributed by atoms with E-state index in [0.717, 1.165) is 22.7 Å². The Morgan fingerprint density at radius 2 is 0.853 bits per heavy atom. The highest BCUT2D eigenvalue weighted by Gasteiger charge is 2.52. The lowest BCUT2D eigenvalue weighted by Crippen LogP contribution is -2.27. The van der Waals surface area contributed by atoms with Crippen LogP contribution in [0, 0.1) is 0 Å². The molecule has 0 bridgehead atoms. The molecule has 13 rings (SSSR count). The average Bonchev–Trinajstić information content (AvgIpc) is 4.00. The molecule has 0 saturated heterocycles. The third kappa shape index (κ3) is 5.58. The van der Waals surface area contributed by atoms with Crippen LogP contribution in [-0.2, 0) is 21.7 Å². The van der Waals surface area contributed by atoms with Crippen molar-refractivity contribution in [1.29, 1.82) is 0 Å². The van der Waals surface area contributed by atoms with Crippen molar-refractivity contribution >= 4 is 38.9 Å². The molecular formula is C66H56N2. The SMILES string of the molecule is CC(C)(C)c1ccc2c(c1)C1(c3ccccc3-c3cc(-n4c5ccccc5c5ccc(N(c6ccccc6)c6ccc7c(c6)-c6ccccc6C7(C)C)cc54)ccc31)c1cc(C(C)(C)C)ccc1-2. The number of aromatic nitrogens is 1. The first-order valence-corrected chi connectivity index (χ1v) is 24.4. The molecule has 2 heteroatoms. The molecule has 0 radical (unpaired) electrons. The summed E-state index contributed by atoms with van der Waals surface area (Å²) in [4.78, 5) is 2.44. The van der Waals surface area contributed by atoms with Crippen LogP contribution in [0.25, 0.3) is 60.9 Å². The van der Waals surface area contributed by atoms with Gasteiger partial charge >= 0.3 is 0 Å². The second kappa shape index (κ2) is 14.1. The summed E-state index contributed by atoms with van der Waals surface area (Å²) in [6.07, 6.45) is 0. The zero-order chi connectivity index (χ0) is 46.5. The summed E-state index contributed by atoms with van der Waals surface area (Å²) in [6.45, 7) is 18.7. The van der Waals surface area contributed by atoms with E-state index in [1.54, 1.807) is 0 Å². The van der Waals surface area contributed by atoms with Crippen LogP contribution in [0.15, 0.2) is 194 Å². The monoisotopic (exact) mass is 876 g/mol. The average molecular weight is 877 g/mol. The summed E-state index contributed by atoms with van der Waals surface area (Å²) in [6, 6.07) is 74.1. The van der Waals surface area contributed by atoms with Gasteiger partial charge in [0.25, 0.3) is 0 Å². The number of nitrogens with zero attached hydrogens (tertiary/aromatic N) is 2. The van der Waals surface area contributed by atoms with E-state index >= 15 is 0 Å². The van der Waals surface area contributed by atoms with Crippen molar-refractivity contribution in [2.75, 3.05) is 4.90 Å². The molecule has 0 unspecified atom stereocenters. The van der Waals surface area contributed by atoms with Crippen molar-refractivity contribution < 1.29 is 0 Å². The Morgan fingerprint density at radius 1 is 0.353 bits per heavy atom. The standard InChI is InChI=1S/C66H56N2/c1-63(2,3)41-26-31-49-50-32-27-42(64(4,5)6)37-60(50)66(59(49)36-41)57-24-16-13-21-48(57)54-39-45(30-35-58(54)66)68-61-25-17-14-22-51(61)52-33-28-46(40-62(52)68)67(43-18-10-9-11-19-43)44-29-34-56-53(38-44)47-20-12-15-23-55(47)65(56,7)8/h9-40H,1-8H3. The third-order valence-electron chi connectivity index (χ3n) is 15.9.